The molecule has 0 aliphatic heterocycles. The van der Waals surface area contributed by atoms with Crippen LogP contribution in [0.3, 0.4) is 0 Å². The lowest BCUT2D eigenvalue weighted by molar-refractivity contribution is 0.0695. The molecule has 3 N–H and O–H groups in total. The van der Waals surface area contributed by atoms with Crippen LogP contribution in [0.4, 0.5) is 0 Å². The van der Waals surface area contributed by atoms with Crippen LogP contribution in [0.15, 0.2) is 30.6 Å². The molecule has 0 amide bonds. The van der Waals surface area contributed by atoms with Gasteiger partial charge in [0.2, 0.25) is 0 Å². The number of carboxylic acid groups (broad SMARTS) is 1. The minimum Gasteiger partial charge on any atom is -0.478 e. The molecular formula is C16H23ClN4O2S. The summed E-state index contributed by atoms with van der Waals surface area (Å²) in [5.41, 5.74) is 1.66. The van der Waals surface area contributed by atoms with Gasteiger partial charge < -0.3 is 5.11 Å². The molecule has 0 saturated carbocycles. The molecule has 24 heavy (non-hydrogen) atoms. The van der Waals surface area contributed by atoms with Gasteiger partial charge >= 0.3 is 5.97 Å². The lowest BCUT2D eigenvalue weighted by atomic mass is 10.1. The Morgan fingerprint density at radius 3 is 2.58 bits per heavy atom. The molecule has 2 aromatic heterocycles. The third-order valence-electron chi connectivity index (χ3n) is 2.80. The molecule has 132 valence electrons. The molecule has 2 rings (SSSR count). The van der Waals surface area contributed by atoms with Crippen molar-refractivity contribution in [1.82, 2.24) is 14.6 Å². The summed E-state index contributed by atoms with van der Waals surface area (Å²) in [6, 6.07) is 0. The number of allylic oxidation sites excluding steroid dienone is 4. The van der Waals surface area contributed by atoms with E-state index in [0.29, 0.717) is 16.4 Å². The standard InChI is InChI=1S/C14H14ClN3O2.C2H6.H3NS/c1-3-5-6-9(4-2)12-10(14(19)20)8-18-13(17-12)11(15)7-16-18;2*1-2/h4-8H,3H2,1-2H3,(H,19,20);1-2H3;2H,1H2/b6-5-,9-4+;;. The SMILES string of the molecule is C/C=C(\C=C/CC)c1nc2c(Cl)cnn2cc1C(=O)O.CC.NS. The van der Waals surface area contributed by atoms with Crippen LogP contribution in [-0.4, -0.2) is 25.7 Å². The van der Waals surface area contributed by atoms with Gasteiger partial charge in [-0.25, -0.2) is 14.3 Å². The average molecular weight is 371 g/mol. The quantitative estimate of drug-likeness (QED) is 0.552. The highest BCUT2D eigenvalue weighted by Crippen LogP contribution is 2.23. The number of aromatic nitrogens is 3. The van der Waals surface area contributed by atoms with Crippen LogP contribution in [0, 0.1) is 0 Å². The number of halogens is 1. The summed E-state index contributed by atoms with van der Waals surface area (Å²) < 4.78 is 1.37. The van der Waals surface area contributed by atoms with Crippen LogP contribution in [0.25, 0.3) is 11.2 Å². The van der Waals surface area contributed by atoms with Gasteiger partial charge in [-0.1, -0.05) is 50.6 Å². The summed E-state index contributed by atoms with van der Waals surface area (Å²) >= 11 is 9.03. The van der Waals surface area contributed by atoms with Crippen molar-refractivity contribution in [1.29, 1.82) is 0 Å². The third-order valence-corrected chi connectivity index (χ3v) is 3.06. The lowest BCUT2D eigenvalue weighted by Gasteiger charge is -2.07. The summed E-state index contributed by atoms with van der Waals surface area (Å²) in [4.78, 5) is 15.7. The van der Waals surface area contributed by atoms with Crippen molar-refractivity contribution in [2.45, 2.75) is 34.1 Å². The zero-order chi connectivity index (χ0) is 18.7. The van der Waals surface area contributed by atoms with Crippen molar-refractivity contribution in [2.75, 3.05) is 0 Å². The second-order valence-electron chi connectivity index (χ2n) is 4.12. The molecule has 0 aromatic carbocycles. The second kappa shape index (κ2) is 11.7. The smallest absolute Gasteiger partial charge is 0.339 e. The van der Waals surface area contributed by atoms with E-state index in [9.17, 15) is 9.90 Å². The number of rotatable bonds is 4. The van der Waals surface area contributed by atoms with E-state index in [-0.39, 0.29) is 5.56 Å². The maximum absolute atomic E-state index is 11.4. The van der Waals surface area contributed by atoms with E-state index in [1.54, 1.807) is 0 Å². The van der Waals surface area contributed by atoms with Crippen LogP contribution in [0.5, 0.6) is 0 Å². The molecule has 0 bridgehead atoms. The van der Waals surface area contributed by atoms with E-state index in [4.69, 9.17) is 11.6 Å². The first-order valence-electron chi connectivity index (χ1n) is 7.44. The fourth-order valence-electron chi connectivity index (χ4n) is 1.82. The molecule has 0 spiro atoms. The molecule has 0 saturated heterocycles. The Bertz CT molecular complexity index is 726. The van der Waals surface area contributed by atoms with Crippen LogP contribution in [-0.2, 0) is 0 Å². The first-order valence-corrected chi connectivity index (χ1v) is 8.34. The van der Waals surface area contributed by atoms with Gasteiger partial charge in [-0.2, -0.15) is 5.10 Å². The second-order valence-corrected chi connectivity index (χ2v) is 4.53. The van der Waals surface area contributed by atoms with E-state index >= 15 is 0 Å². The summed E-state index contributed by atoms with van der Waals surface area (Å²) in [5, 5.41) is 17.9. The topological polar surface area (TPSA) is 93.5 Å². The van der Waals surface area contributed by atoms with Gasteiger partial charge in [0, 0.05) is 6.20 Å². The molecule has 6 nitrogen and oxygen atoms in total. The number of nitrogens with two attached hydrogens (primary N) is 1. The Morgan fingerprint density at radius 2 is 2.08 bits per heavy atom. The van der Waals surface area contributed by atoms with E-state index in [1.807, 2.05) is 45.9 Å². The monoisotopic (exact) mass is 370 g/mol. The summed E-state index contributed by atoms with van der Waals surface area (Å²) in [7, 11) is 0. The Kier molecular flexibility index (Phi) is 10.8. The normalized spacial score (nSPS) is 10.9. The molecule has 0 atom stereocenters. The lowest BCUT2D eigenvalue weighted by Crippen LogP contribution is -2.07. The van der Waals surface area contributed by atoms with Gasteiger partial charge in [-0.15, -0.1) is 12.8 Å². The number of hydrogen-bond donors (Lipinski definition) is 3. The molecule has 8 heteroatoms. The van der Waals surface area contributed by atoms with Gasteiger partial charge in [0.15, 0.2) is 5.65 Å². The maximum atomic E-state index is 11.4. The predicted molar refractivity (Wildman–Crippen MR) is 103 cm³/mol. The number of aromatic carboxylic acids is 1. The van der Waals surface area contributed by atoms with Gasteiger partial charge in [0.1, 0.15) is 10.6 Å². The van der Waals surface area contributed by atoms with Gasteiger partial charge in [0.25, 0.3) is 0 Å². The zero-order valence-electron chi connectivity index (χ0n) is 14.2. The van der Waals surface area contributed by atoms with Crippen LogP contribution in [0.2, 0.25) is 5.02 Å². The van der Waals surface area contributed by atoms with Crippen molar-refractivity contribution in [3.8, 4) is 0 Å². The molecule has 0 aliphatic carbocycles. The van der Waals surface area contributed by atoms with Crippen molar-refractivity contribution >= 4 is 41.6 Å². The Labute approximate surface area is 152 Å². The molecule has 2 aromatic rings. The van der Waals surface area contributed by atoms with E-state index < -0.39 is 5.97 Å². The Hall–Kier alpha value is -1.83. The number of fused-ring (bicyclic) bond motifs is 1. The molecule has 0 unspecified atom stereocenters. The van der Waals surface area contributed by atoms with E-state index in [2.05, 4.69) is 28.0 Å². The molecule has 0 aliphatic rings. The molecule has 0 fully saturated rings. The predicted octanol–water partition coefficient (Wildman–Crippen LogP) is 4.27. The first-order chi connectivity index (χ1) is 11.6. The Balaban J connectivity index is 0.00000123. The number of nitrogens with zero attached hydrogens (tertiary/aromatic N) is 3. The van der Waals surface area contributed by atoms with Gasteiger partial charge in [-0.3, -0.25) is 5.14 Å². The third kappa shape index (κ3) is 5.36. The summed E-state index contributed by atoms with van der Waals surface area (Å²) in [5.74, 6) is -1.05. The number of carboxylic acids is 1. The highest BCUT2D eigenvalue weighted by Gasteiger charge is 2.17. The van der Waals surface area contributed by atoms with Crippen LogP contribution < -0.4 is 5.14 Å². The van der Waals surface area contributed by atoms with Gasteiger partial charge in [0.05, 0.1) is 11.9 Å². The van der Waals surface area contributed by atoms with E-state index in [1.165, 1.54) is 16.9 Å². The largest absolute Gasteiger partial charge is 0.478 e. The Morgan fingerprint density at radius 1 is 1.46 bits per heavy atom. The van der Waals surface area contributed by atoms with Crippen molar-refractivity contribution in [3.05, 3.63) is 46.9 Å². The number of hydrogen-bond acceptors (Lipinski definition) is 5. The van der Waals surface area contributed by atoms with Crippen LogP contribution >= 0.6 is 24.4 Å². The van der Waals surface area contributed by atoms with Crippen molar-refractivity contribution in [2.24, 2.45) is 5.14 Å². The minimum absolute atomic E-state index is 0.0890. The fourth-order valence-corrected chi connectivity index (χ4v) is 1.99. The maximum Gasteiger partial charge on any atom is 0.339 e. The highest BCUT2D eigenvalue weighted by molar-refractivity contribution is 7.77. The number of carbonyl (C=O) groups is 1. The van der Waals surface area contributed by atoms with Crippen LogP contribution in [0.1, 0.15) is 50.2 Å². The summed E-state index contributed by atoms with van der Waals surface area (Å²) in [6.45, 7) is 7.84. The highest BCUT2D eigenvalue weighted by atomic mass is 35.5. The fraction of sp³-hybridized carbons (Fsp3) is 0.312. The number of thiol groups is 1. The molecule has 0 radical (unpaired) electrons. The average Bonchev–Trinajstić information content (AvgIpc) is 2.99. The minimum atomic E-state index is -1.05. The van der Waals surface area contributed by atoms with Crippen molar-refractivity contribution < 1.29 is 9.90 Å². The summed E-state index contributed by atoms with van der Waals surface area (Å²) in [6.07, 6.45) is 9.35. The van der Waals surface area contributed by atoms with Crippen molar-refractivity contribution in [3.63, 3.8) is 0 Å². The molecule has 2 heterocycles. The zero-order valence-corrected chi connectivity index (χ0v) is 15.8. The molecular weight excluding hydrogens is 348 g/mol. The van der Waals surface area contributed by atoms with Gasteiger partial charge in [-0.05, 0) is 18.9 Å². The first kappa shape index (κ1) is 22.2. The van der Waals surface area contributed by atoms with E-state index in [0.717, 1.165) is 12.0 Å².